The summed E-state index contributed by atoms with van der Waals surface area (Å²) in [6.07, 6.45) is 1.38. The van der Waals surface area contributed by atoms with Gasteiger partial charge in [0.15, 0.2) is 5.82 Å². The minimum atomic E-state index is -4.47. The number of nitrogens with one attached hydrogen (secondary N) is 1. The van der Waals surface area contributed by atoms with Crippen molar-refractivity contribution >= 4 is 11.5 Å². The number of halogens is 3. The highest BCUT2D eigenvalue weighted by molar-refractivity contribution is 5.59. The topological polar surface area (TPSA) is 95.2 Å². The van der Waals surface area contributed by atoms with E-state index < -0.39 is 17.8 Å². The highest BCUT2D eigenvalue weighted by Crippen LogP contribution is 2.32. The minimum absolute atomic E-state index is 0.0704. The summed E-state index contributed by atoms with van der Waals surface area (Å²) in [4.78, 5) is 15.0. The Balaban J connectivity index is 1.49. The Hall–Kier alpha value is -3.47. The van der Waals surface area contributed by atoms with Crippen LogP contribution >= 0.6 is 0 Å². The summed E-state index contributed by atoms with van der Waals surface area (Å²) >= 11 is 0. The number of alkyl halides is 3. The smallest absolute Gasteiger partial charge is 0.391 e. The molecule has 32 heavy (non-hydrogen) atoms. The number of piperidine rings is 1. The lowest BCUT2D eigenvalue weighted by atomic mass is 9.89. The van der Waals surface area contributed by atoms with Gasteiger partial charge in [-0.05, 0) is 37.1 Å². The number of aliphatic hydroxyl groups excluding tert-OH is 1. The first-order valence-corrected chi connectivity index (χ1v) is 10.1. The highest BCUT2D eigenvalue weighted by Gasteiger charge is 2.32. The van der Waals surface area contributed by atoms with E-state index in [2.05, 4.69) is 25.1 Å². The van der Waals surface area contributed by atoms with Gasteiger partial charge in [-0.15, -0.1) is 0 Å². The number of aliphatic hydroxyl groups is 1. The van der Waals surface area contributed by atoms with Gasteiger partial charge in [-0.3, -0.25) is 9.50 Å². The number of anilines is 1. The fraction of sp³-hybridized carbons (Fsp3) is 0.333. The van der Waals surface area contributed by atoms with E-state index in [1.165, 1.54) is 16.7 Å². The van der Waals surface area contributed by atoms with E-state index in [1.807, 2.05) is 11.8 Å². The monoisotopic (exact) mass is 443 g/mol. The van der Waals surface area contributed by atoms with Crippen LogP contribution in [0.3, 0.4) is 0 Å². The molecule has 0 bridgehead atoms. The number of H-pyrrole nitrogens is 1. The summed E-state index contributed by atoms with van der Waals surface area (Å²) in [6.45, 7) is 2.96. The van der Waals surface area contributed by atoms with Crippen LogP contribution in [0.2, 0.25) is 0 Å². The number of aromatic amines is 1. The number of hydrogen-bond acceptors (Lipinski definition) is 6. The van der Waals surface area contributed by atoms with Gasteiger partial charge < -0.3 is 10.0 Å². The Morgan fingerprint density at radius 2 is 1.97 bits per heavy atom. The second-order valence-electron chi connectivity index (χ2n) is 7.97. The van der Waals surface area contributed by atoms with Gasteiger partial charge in [0, 0.05) is 37.1 Å². The third-order valence-electron chi connectivity index (χ3n) is 5.76. The van der Waals surface area contributed by atoms with E-state index in [0.717, 1.165) is 23.5 Å². The van der Waals surface area contributed by atoms with E-state index in [-0.39, 0.29) is 11.7 Å². The molecular formula is C21H20F3N7O. The average Bonchev–Trinajstić information content (AvgIpc) is 3.38. The first kappa shape index (κ1) is 20.4. The summed E-state index contributed by atoms with van der Waals surface area (Å²) in [5, 5.41) is 17.5. The van der Waals surface area contributed by atoms with Crippen molar-refractivity contribution in [2.45, 2.75) is 31.5 Å². The van der Waals surface area contributed by atoms with Gasteiger partial charge >= 0.3 is 6.18 Å². The molecule has 0 unspecified atom stereocenters. The van der Waals surface area contributed by atoms with Crippen LogP contribution in [-0.4, -0.2) is 53.9 Å². The lowest BCUT2D eigenvalue weighted by molar-refractivity contribution is -0.137. The molecule has 5 rings (SSSR count). The standard InChI is InChI=1S/C21H20F3N7O/c1-12-16(7-27-29-12)13-6-15(32)11-30(9-13)19-4-5-25-20(28-19)17-8-26-18-3-2-14(10-31(17)18)21(22,23)24/h2-5,7-8,10,13,15,32H,6,9,11H2,1H3,(H,27,29)/t13-,15-/m1/s1. The molecule has 4 aromatic rings. The number of rotatable bonds is 3. The quantitative estimate of drug-likeness (QED) is 0.505. The molecule has 2 N–H and O–H groups in total. The first-order valence-electron chi connectivity index (χ1n) is 10.1. The molecule has 0 aliphatic carbocycles. The molecule has 5 heterocycles. The second-order valence-corrected chi connectivity index (χ2v) is 7.97. The van der Waals surface area contributed by atoms with E-state index in [1.54, 1.807) is 18.5 Å². The number of aromatic nitrogens is 6. The number of fused-ring (bicyclic) bond motifs is 1. The Morgan fingerprint density at radius 1 is 1.12 bits per heavy atom. The van der Waals surface area contributed by atoms with Crippen molar-refractivity contribution in [2.24, 2.45) is 0 Å². The molecule has 166 valence electrons. The maximum atomic E-state index is 13.2. The van der Waals surface area contributed by atoms with Crippen LogP contribution in [0, 0.1) is 6.92 Å². The van der Waals surface area contributed by atoms with Crippen molar-refractivity contribution in [3.63, 3.8) is 0 Å². The molecule has 2 atom stereocenters. The predicted molar refractivity (Wildman–Crippen MR) is 110 cm³/mol. The van der Waals surface area contributed by atoms with Crippen molar-refractivity contribution in [3.8, 4) is 11.5 Å². The van der Waals surface area contributed by atoms with Gasteiger partial charge in [-0.2, -0.15) is 18.3 Å². The third-order valence-corrected chi connectivity index (χ3v) is 5.76. The fourth-order valence-electron chi connectivity index (χ4n) is 4.22. The maximum absolute atomic E-state index is 13.2. The van der Waals surface area contributed by atoms with E-state index in [9.17, 15) is 18.3 Å². The van der Waals surface area contributed by atoms with Gasteiger partial charge in [-0.25, -0.2) is 15.0 Å². The fourth-order valence-corrected chi connectivity index (χ4v) is 4.22. The number of hydrogen-bond donors (Lipinski definition) is 2. The molecule has 4 aromatic heterocycles. The molecule has 1 fully saturated rings. The molecule has 1 aliphatic heterocycles. The van der Waals surface area contributed by atoms with Crippen LogP contribution in [0.5, 0.6) is 0 Å². The van der Waals surface area contributed by atoms with Crippen molar-refractivity contribution in [1.29, 1.82) is 0 Å². The van der Waals surface area contributed by atoms with Gasteiger partial charge in [0.1, 0.15) is 17.2 Å². The van der Waals surface area contributed by atoms with Crippen molar-refractivity contribution in [3.05, 3.63) is 59.8 Å². The largest absolute Gasteiger partial charge is 0.417 e. The molecule has 1 saturated heterocycles. The van der Waals surface area contributed by atoms with E-state index in [0.29, 0.717) is 36.7 Å². The van der Waals surface area contributed by atoms with Gasteiger partial charge in [0.05, 0.1) is 24.1 Å². The number of pyridine rings is 1. The minimum Gasteiger partial charge on any atom is -0.391 e. The summed E-state index contributed by atoms with van der Waals surface area (Å²) in [6, 6.07) is 4.04. The second kappa shape index (κ2) is 7.59. The lowest BCUT2D eigenvalue weighted by Gasteiger charge is -2.36. The molecule has 8 nitrogen and oxygen atoms in total. The zero-order valence-corrected chi connectivity index (χ0v) is 17.1. The van der Waals surface area contributed by atoms with Crippen LogP contribution < -0.4 is 4.90 Å². The zero-order valence-electron chi connectivity index (χ0n) is 17.1. The number of nitrogens with zero attached hydrogens (tertiary/aromatic N) is 6. The molecule has 0 aromatic carbocycles. The Labute approximate surface area is 180 Å². The molecule has 0 amide bonds. The van der Waals surface area contributed by atoms with Gasteiger partial charge in [-0.1, -0.05) is 0 Å². The Kier molecular flexibility index (Phi) is 4.85. The van der Waals surface area contributed by atoms with Gasteiger partial charge in [0.25, 0.3) is 0 Å². The van der Waals surface area contributed by atoms with Crippen LogP contribution in [0.25, 0.3) is 17.2 Å². The van der Waals surface area contributed by atoms with Crippen LogP contribution in [0.15, 0.2) is 43.0 Å². The molecule has 1 aliphatic rings. The maximum Gasteiger partial charge on any atom is 0.417 e. The van der Waals surface area contributed by atoms with Crippen molar-refractivity contribution < 1.29 is 18.3 Å². The zero-order chi connectivity index (χ0) is 22.5. The molecule has 11 heteroatoms. The normalized spacial score (nSPS) is 19.6. The SMILES string of the molecule is Cc1[nH]ncc1[C@@H]1C[C@@H](O)CN(c2ccnc(-c3cnc4ccc(C(F)(F)F)cn34)n2)C1. The van der Waals surface area contributed by atoms with Crippen molar-refractivity contribution in [2.75, 3.05) is 18.0 Å². The van der Waals surface area contributed by atoms with Crippen molar-refractivity contribution in [1.82, 2.24) is 29.5 Å². The lowest BCUT2D eigenvalue weighted by Crippen LogP contribution is -2.42. The molecule has 0 saturated carbocycles. The Bertz CT molecular complexity index is 1270. The number of aryl methyl sites for hydroxylation is 1. The van der Waals surface area contributed by atoms with E-state index >= 15 is 0 Å². The predicted octanol–water partition coefficient (Wildman–Crippen LogP) is 3.20. The Morgan fingerprint density at radius 3 is 2.72 bits per heavy atom. The van der Waals surface area contributed by atoms with Gasteiger partial charge in [0.2, 0.25) is 0 Å². The van der Waals surface area contributed by atoms with E-state index in [4.69, 9.17) is 0 Å². The number of β-amino-alcohol motifs (C(OH)–C–C–N with tert-alkyl or cyclic N) is 1. The van der Waals surface area contributed by atoms with Crippen LogP contribution in [0.4, 0.5) is 19.0 Å². The summed E-state index contributed by atoms with van der Waals surface area (Å²) < 4.78 is 40.9. The third kappa shape index (κ3) is 3.68. The number of imidazole rings is 1. The summed E-state index contributed by atoms with van der Waals surface area (Å²) in [7, 11) is 0. The van der Waals surface area contributed by atoms with Crippen LogP contribution in [0.1, 0.15) is 29.2 Å². The summed E-state index contributed by atoms with van der Waals surface area (Å²) in [5.41, 5.74) is 1.94. The molecule has 0 radical (unpaired) electrons. The average molecular weight is 443 g/mol. The van der Waals surface area contributed by atoms with Crippen LogP contribution in [-0.2, 0) is 6.18 Å². The molecular weight excluding hydrogens is 423 g/mol. The highest BCUT2D eigenvalue weighted by atomic mass is 19.4. The first-order chi connectivity index (χ1) is 15.3. The molecule has 0 spiro atoms. The summed E-state index contributed by atoms with van der Waals surface area (Å²) in [5.74, 6) is 0.910.